The molecule has 146 valence electrons. The van der Waals surface area contributed by atoms with E-state index in [1.54, 1.807) is 18.2 Å². The van der Waals surface area contributed by atoms with Gasteiger partial charge in [0.05, 0.1) is 35.9 Å². The van der Waals surface area contributed by atoms with Crippen LogP contribution in [0.2, 0.25) is 10.0 Å². The van der Waals surface area contributed by atoms with Crippen molar-refractivity contribution in [2.24, 2.45) is 0 Å². The van der Waals surface area contributed by atoms with Crippen molar-refractivity contribution >= 4 is 40.8 Å². The lowest BCUT2D eigenvalue weighted by molar-refractivity contribution is -0.136. The van der Waals surface area contributed by atoms with Crippen LogP contribution >= 0.6 is 23.2 Å². The molecule has 0 spiro atoms. The summed E-state index contributed by atoms with van der Waals surface area (Å²) in [6.45, 7) is 0.0228. The Morgan fingerprint density at radius 2 is 1.93 bits per heavy atom. The fourth-order valence-electron chi connectivity index (χ4n) is 2.95. The summed E-state index contributed by atoms with van der Waals surface area (Å²) in [6.07, 6.45) is 0. The van der Waals surface area contributed by atoms with Gasteiger partial charge in [-0.3, -0.25) is 4.79 Å². The number of methoxy groups -OCH3 is 1. The van der Waals surface area contributed by atoms with E-state index in [9.17, 15) is 9.59 Å². The molecule has 0 fully saturated rings. The van der Waals surface area contributed by atoms with Gasteiger partial charge < -0.3 is 20.1 Å². The highest BCUT2D eigenvalue weighted by molar-refractivity contribution is 6.42. The average molecular weight is 421 g/mol. The molecule has 0 aliphatic carbocycles. The highest BCUT2D eigenvalue weighted by Crippen LogP contribution is 2.30. The van der Waals surface area contributed by atoms with Crippen LogP contribution in [0.5, 0.6) is 0 Å². The topological polar surface area (TPSA) is 78.9 Å². The van der Waals surface area contributed by atoms with Crippen molar-refractivity contribution in [1.29, 1.82) is 0 Å². The van der Waals surface area contributed by atoms with Crippen LogP contribution in [-0.4, -0.2) is 48.7 Å². The first-order chi connectivity index (χ1) is 13.4. The van der Waals surface area contributed by atoms with E-state index < -0.39 is 5.97 Å². The van der Waals surface area contributed by atoms with E-state index in [-0.39, 0.29) is 36.9 Å². The summed E-state index contributed by atoms with van der Waals surface area (Å²) in [5.74, 6) is -0.952. The molecule has 0 bridgehead atoms. The van der Waals surface area contributed by atoms with Gasteiger partial charge in [-0.05, 0) is 35.4 Å². The monoisotopic (exact) mass is 420 g/mol. The summed E-state index contributed by atoms with van der Waals surface area (Å²) >= 11 is 12.1. The largest absolute Gasteiger partial charge is 0.466 e. The number of amides is 1. The molecule has 1 aliphatic heterocycles. The first-order valence-corrected chi connectivity index (χ1v) is 9.24. The SMILES string of the molecule is COC(=O)C1=C(Nc2cccc(-c3ccc(Cl)c(Cl)c3)c2)C(=O)N(CCO)C1. The molecule has 2 aromatic carbocycles. The number of ether oxygens (including phenoxy) is 1. The third-order valence-electron chi connectivity index (χ3n) is 4.34. The van der Waals surface area contributed by atoms with Crippen molar-refractivity contribution < 1.29 is 19.4 Å². The lowest BCUT2D eigenvalue weighted by atomic mass is 10.0. The van der Waals surface area contributed by atoms with Crippen molar-refractivity contribution in [1.82, 2.24) is 4.90 Å². The second-order valence-corrected chi connectivity index (χ2v) is 6.94. The van der Waals surface area contributed by atoms with E-state index in [0.29, 0.717) is 15.7 Å². The van der Waals surface area contributed by atoms with Crippen molar-refractivity contribution in [3.05, 3.63) is 63.8 Å². The Bertz CT molecular complexity index is 959. The maximum Gasteiger partial charge on any atom is 0.337 e. The second kappa shape index (κ2) is 8.65. The lowest BCUT2D eigenvalue weighted by Gasteiger charge is -2.15. The smallest absolute Gasteiger partial charge is 0.337 e. The summed E-state index contributed by atoms with van der Waals surface area (Å²) in [7, 11) is 1.26. The number of nitrogens with one attached hydrogen (secondary N) is 1. The predicted molar refractivity (Wildman–Crippen MR) is 108 cm³/mol. The molecule has 1 amide bonds. The van der Waals surface area contributed by atoms with Crippen LogP contribution in [0.15, 0.2) is 53.7 Å². The minimum absolute atomic E-state index is 0.0842. The molecule has 6 nitrogen and oxygen atoms in total. The summed E-state index contributed by atoms with van der Waals surface area (Å²) in [4.78, 5) is 26.1. The first kappa shape index (κ1) is 20.2. The third-order valence-corrected chi connectivity index (χ3v) is 5.08. The number of rotatable bonds is 6. The van der Waals surface area contributed by atoms with E-state index >= 15 is 0 Å². The van der Waals surface area contributed by atoms with Gasteiger partial charge in [-0.2, -0.15) is 0 Å². The molecule has 1 heterocycles. The van der Waals surface area contributed by atoms with Gasteiger partial charge in [0.15, 0.2) is 0 Å². The quantitative estimate of drug-likeness (QED) is 0.700. The van der Waals surface area contributed by atoms with Crippen molar-refractivity contribution in [2.75, 3.05) is 32.1 Å². The number of nitrogens with zero attached hydrogens (tertiary/aromatic N) is 1. The molecule has 3 rings (SSSR count). The average Bonchev–Trinajstić information content (AvgIpc) is 3.00. The third kappa shape index (κ3) is 4.14. The van der Waals surface area contributed by atoms with Gasteiger partial charge in [-0.25, -0.2) is 4.79 Å². The molecule has 2 aromatic rings. The highest BCUT2D eigenvalue weighted by atomic mass is 35.5. The summed E-state index contributed by atoms with van der Waals surface area (Å²) in [6, 6.07) is 12.7. The Hall–Kier alpha value is -2.54. The fourth-order valence-corrected chi connectivity index (χ4v) is 3.24. The minimum Gasteiger partial charge on any atom is -0.466 e. The van der Waals surface area contributed by atoms with Crippen LogP contribution in [0.1, 0.15) is 0 Å². The lowest BCUT2D eigenvalue weighted by Crippen LogP contribution is -2.31. The first-order valence-electron chi connectivity index (χ1n) is 8.48. The molecule has 28 heavy (non-hydrogen) atoms. The zero-order chi connectivity index (χ0) is 20.3. The second-order valence-electron chi connectivity index (χ2n) is 6.13. The molecule has 0 radical (unpaired) electrons. The van der Waals surface area contributed by atoms with Gasteiger partial charge in [0.1, 0.15) is 5.70 Å². The Morgan fingerprint density at radius 1 is 1.18 bits per heavy atom. The standard InChI is InChI=1S/C20H18Cl2N2O4/c1-28-20(27)15-11-24(7-8-25)19(26)18(15)23-14-4-2-3-12(9-14)13-5-6-16(21)17(22)10-13/h2-6,9-10,23,25H,7-8,11H2,1H3. The van der Waals surface area contributed by atoms with Crippen LogP contribution in [0.4, 0.5) is 5.69 Å². The molecule has 0 saturated heterocycles. The van der Waals surface area contributed by atoms with Crippen molar-refractivity contribution in [2.45, 2.75) is 0 Å². The Morgan fingerprint density at radius 3 is 2.61 bits per heavy atom. The van der Waals surface area contributed by atoms with Crippen LogP contribution in [0.25, 0.3) is 11.1 Å². The van der Waals surface area contributed by atoms with E-state index in [0.717, 1.165) is 11.1 Å². The zero-order valence-electron chi connectivity index (χ0n) is 15.0. The van der Waals surface area contributed by atoms with Gasteiger partial charge in [-0.15, -0.1) is 0 Å². The van der Waals surface area contributed by atoms with Crippen LogP contribution in [-0.2, 0) is 14.3 Å². The number of aliphatic hydroxyl groups is 1. The minimum atomic E-state index is -0.586. The van der Waals surface area contributed by atoms with E-state index in [4.69, 9.17) is 33.0 Å². The summed E-state index contributed by atoms with van der Waals surface area (Å²) < 4.78 is 4.79. The van der Waals surface area contributed by atoms with Gasteiger partial charge in [0.2, 0.25) is 0 Å². The van der Waals surface area contributed by atoms with Crippen LogP contribution in [0.3, 0.4) is 0 Å². The van der Waals surface area contributed by atoms with Crippen molar-refractivity contribution in [3.63, 3.8) is 0 Å². The fraction of sp³-hybridized carbons (Fsp3) is 0.200. The number of anilines is 1. The molecule has 0 aromatic heterocycles. The highest BCUT2D eigenvalue weighted by Gasteiger charge is 2.34. The van der Waals surface area contributed by atoms with Gasteiger partial charge >= 0.3 is 5.97 Å². The summed E-state index contributed by atoms with van der Waals surface area (Å²) in [5, 5.41) is 13.1. The normalized spacial score (nSPS) is 13.9. The molecule has 2 N–H and O–H groups in total. The number of β-amino-alcohol motifs (C(OH)–C–C–N with tert-alkyl or cyclic N) is 1. The van der Waals surface area contributed by atoms with Gasteiger partial charge in [0, 0.05) is 12.2 Å². The number of carbonyl (C=O) groups is 2. The number of hydrogen-bond acceptors (Lipinski definition) is 5. The molecular formula is C20H18Cl2N2O4. The Balaban J connectivity index is 1.92. The van der Waals surface area contributed by atoms with E-state index in [1.165, 1.54) is 12.0 Å². The molecule has 0 unspecified atom stereocenters. The number of esters is 1. The Labute approximate surface area is 172 Å². The van der Waals surface area contributed by atoms with Crippen LogP contribution < -0.4 is 5.32 Å². The molecular weight excluding hydrogens is 403 g/mol. The molecule has 1 aliphatic rings. The number of halogens is 2. The van der Waals surface area contributed by atoms with E-state index in [1.807, 2.05) is 24.3 Å². The number of aliphatic hydroxyl groups excluding tert-OH is 1. The Kier molecular flexibility index (Phi) is 6.24. The molecule has 0 atom stereocenters. The number of benzene rings is 2. The van der Waals surface area contributed by atoms with E-state index in [2.05, 4.69) is 5.32 Å². The summed E-state index contributed by atoms with van der Waals surface area (Å²) in [5.41, 5.74) is 2.72. The zero-order valence-corrected chi connectivity index (χ0v) is 16.5. The maximum atomic E-state index is 12.6. The number of hydrogen-bond donors (Lipinski definition) is 2. The molecule has 8 heteroatoms. The molecule has 0 saturated carbocycles. The maximum absolute atomic E-state index is 12.6. The van der Waals surface area contributed by atoms with Crippen molar-refractivity contribution in [3.8, 4) is 11.1 Å². The van der Waals surface area contributed by atoms with Crippen LogP contribution in [0, 0.1) is 0 Å². The predicted octanol–water partition coefficient (Wildman–Crippen LogP) is 3.33. The number of carbonyl (C=O) groups excluding carboxylic acids is 2. The van der Waals surface area contributed by atoms with Gasteiger partial charge in [-0.1, -0.05) is 41.4 Å². The van der Waals surface area contributed by atoms with Gasteiger partial charge in [0.25, 0.3) is 5.91 Å².